The number of ketones is 1. The largest absolute Gasteiger partial charge is 0.330 e. The molecule has 0 bridgehead atoms. The molecule has 3 rings (SSSR count). The number of imide groups is 1. The molecule has 1 aliphatic rings. The molecule has 0 saturated carbocycles. The molecule has 2 unspecified atom stereocenters. The molecule has 7 nitrogen and oxygen atoms in total. The Morgan fingerprint density at radius 3 is 2.76 bits per heavy atom. The number of nitrogens with two attached hydrogens (primary N) is 1. The Labute approximate surface area is 174 Å². The minimum atomic E-state index is -0.839. The number of benzene rings is 1. The maximum Gasteiger partial charge on any atom is 0.234 e. The molecule has 1 aliphatic heterocycles. The van der Waals surface area contributed by atoms with Crippen molar-refractivity contribution in [1.82, 2.24) is 15.2 Å². The van der Waals surface area contributed by atoms with Crippen molar-refractivity contribution < 1.29 is 14.4 Å². The summed E-state index contributed by atoms with van der Waals surface area (Å²) < 4.78 is 0.911. The van der Waals surface area contributed by atoms with Crippen LogP contribution in [0.2, 0.25) is 0 Å². The van der Waals surface area contributed by atoms with Crippen LogP contribution in [-0.2, 0) is 9.59 Å². The van der Waals surface area contributed by atoms with Crippen LogP contribution in [0.5, 0.6) is 0 Å². The first-order chi connectivity index (χ1) is 14.0. The van der Waals surface area contributed by atoms with E-state index in [-0.39, 0.29) is 17.6 Å². The monoisotopic (exact) mass is 416 g/mol. The average Bonchev–Trinajstić information content (AvgIpc) is 3.17. The first kappa shape index (κ1) is 21.5. The zero-order valence-electron chi connectivity index (χ0n) is 16.7. The Balaban J connectivity index is 1.90. The molecule has 2 heterocycles. The lowest BCUT2D eigenvalue weighted by atomic mass is 9.95. The van der Waals surface area contributed by atoms with Gasteiger partial charge in [-0.05, 0) is 57.3 Å². The van der Waals surface area contributed by atoms with E-state index in [0.29, 0.717) is 30.9 Å². The average molecular weight is 417 g/mol. The van der Waals surface area contributed by atoms with Crippen LogP contribution in [-0.4, -0.2) is 53.2 Å². The molecule has 8 heteroatoms. The molecule has 0 spiro atoms. The molecule has 1 aromatic carbocycles. The van der Waals surface area contributed by atoms with Gasteiger partial charge in [0.2, 0.25) is 17.6 Å². The molecule has 0 radical (unpaired) electrons. The van der Waals surface area contributed by atoms with Crippen LogP contribution < -0.4 is 11.1 Å². The van der Waals surface area contributed by atoms with Gasteiger partial charge in [-0.1, -0.05) is 12.1 Å². The van der Waals surface area contributed by atoms with Crippen LogP contribution in [0.4, 0.5) is 0 Å². The van der Waals surface area contributed by atoms with Gasteiger partial charge in [-0.25, -0.2) is 4.98 Å². The Kier molecular flexibility index (Phi) is 7.46. The van der Waals surface area contributed by atoms with Gasteiger partial charge < -0.3 is 11.1 Å². The standard InChI is InChI=1S/C21H28N4O3S/c1-14(26)25(21(28)15-7-6-12-23-13-15)17(9-4-5-11-22)19(27)20-24-16-8-2-3-10-18(16)29-20/h2-3,8,10,15,17,23H,4-7,9,11-13,22H2,1H3. The molecule has 1 aromatic heterocycles. The summed E-state index contributed by atoms with van der Waals surface area (Å²) in [6.07, 6.45) is 3.40. The summed E-state index contributed by atoms with van der Waals surface area (Å²) >= 11 is 1.30. The number of thiazole rings is 1. The third kappa shape index (κ3) is 5.07. The number of aromatic nitrogens is 1. The second kappa shape index (κ2) is 10.0. The fourth-order valence-electron chi connectivity index (χ4n) is 3.77. The van der Waals surface area contributed by atoms with Crippen LogP contribution in [0, 0.1) is 5.92 Å². The second-order valence-electron chi connectivity index (χ2n) is 7.42. The van der Waals surface area contributed by atoms with Crippen molar-refractivity contribution in [2.24, 2.45) is 11.7 Å². The van der Waals surface area contributed by atoms with Gasteiger partial charge in [0.05, 0.1) is 16.1 Å². The van der Waals surface area contributed by atoms with Gasteiger partial charge in [-0.3, -0.25) is 19.3 Å². The maximum absolute atomic E-state index is 13.4. The number of rotatable bonds is 8. The summed E-state index contributed by atoms with van der Waals surface area (Å²) in [5, 5.41) is 3.55. The van der Waals surface area contributed by atoms with Crippen molar-refractivity contribution in [3.63, 3.8) is 0 Å². The maximum atomic E-state index is 13.4. The highest BCUT2D eigenvalue weighted by atomic mass is 32.1. The van der Waals surface area contributed by atoms with Crippen molar-refractivity contribution >= 4 is 39.2 Å². The van der Waals surface area contributed by atoms with E-state index in [1.54, 1.807) is 0 Å². The first-order valence-corrected chi connectivity index (χ1v) is 11.0. The number of hydrogen-bond donors (Lipinski definition) is 2. The smallest absolute Gasteiger partial charge is 0.234 e. The van der Waals surface area contributed by atoms with Gasteiger partial charge >= 0.3 is 0 Å². The number of hydrogen-bond acceptors (Lipinski definition) is 7. The van der Waals surface area contributed by atoms with Gasteiger partial charge in [0.15, 0.2) is 5.01 Å². The normalized spacial score (nSPS) is 17.8. The predicted octanol–water partition coefficient (Wildman–Crippen LogP) is 2.35. The van der Waals surface area contributed by atoms with Crippen molar-refractivity contribution in [3.8, 4) is 0 Å². The molecule has 3 N–H and O–H groups in total. The van der Waals surface area contributed by atoms with Crippen LogP contribution >= 0.6 is 11.3 Å². The van der Waals surface area contributed by atoms with Gasteiger partial charge in [-0.15, -0.1) is 11.3 Å². The number of Topliss-reactive ketones (excluding diaryl/α,β-unsaturated/α-hetero) is 1. The zero-order valence-corrected chi connectivity index (χ0v) is 17.5. The number of carbonyl (C=O) groups excluding carboxylic acids is 3. The van der Waals surface area contributed by atoms with E-state index in [9.17, 15) is 14.4 Å². The van der Waals surface area contributed by atoms with E-state index >= 15 is 0 Å². The molecule has 2 amide bonds. The number of nitrogens with one attached hydrogen (secondary N) is 1. The Bertz CT molecular complexity index is 843. The summed E-state index contributed by atoms with van der Waals surface area (Å²) in [6, 6.07) is 6.70. The topological polar surface area (TPSA) is 105 Å². The summed E-state index contributed by atoms with van der Waals surface area (Å²) in [5.41, 5.74) is 6.36. The minimum absolute atomic E-state index is 0.267. The number of unbranched alkanes of at least 4 members (excludes halogenated alkanes) is 1. The van der Waals surface area contributed by atoms with E-state index in [1.165, 1.54) is 23.2 Å². The van der Waals surface area contributed by atoms with Crippen molar-refractivity contribution in [2.75, 3.05) is 19.6 Å². The molecule has 156 valence electrons. The lowest BCUT2D eigenvalue weighted by molar-refractivity contribution is -0.148. The lowest BCUT2D eigenvalue weighted by Crippen LogP contribution is -2.52. The summed E-state index contributed by atoms with van der Waals surface area (Å²) in [4.78, 5) is 44.7. The number of fused-ring (bicyclic) bond motifs is 1. The summed E-state index contributed by atoms with van der Waals surface area (Å²) in [6.45, 7) is 3.26. The predicted molar refractivity (Wildman–Crippen MR) is 114 cm³/mol. The fourth-order valence-corrected chi connectivity index (χ4v) is 4.72. The molecule has 1 saturated heterocycles. The summed E-state index contributed by atoms with van der Waals surface area (Å²) in [7, 11) is 0. The third-order valence-corrected chi connectivity index (χ3v) is 6.32. The van der Waals surface area contributed by atoms with E-state index in [4.69, 9.17) is 5.73 Å². The van der Waals surface area contributed by atoms with E-state index in [0.717, 1.165) is 36.0 Å². The molecular weight excluding hydrogens is 388 g/mol. The van der Waals surface area contributed by atoms with Gasteiger partial charge in [0.25, 0.3) is 0 Å². The molecule has 2 atom stereocenters. The first-order valence-electron chi connectivity index (χ1n) is 10.2. The number of para-hydroxylation sites is 1. The highest BCUT2D eigenvalue weighted by Crippen LogP contribution is 2.26. The quantitative estimate of drug-likeness (QED) is 0.505. The highest BCUT2D eigenvalue weighted by Gasteiger charge is 2.37. The van der Waals surface area contributed by atoms with E-state index in [2.05, 4.69) is 10.3 Å². The Hall–Kier alpha value is -2.16. The Morgan fingerprint density at radius 1 is 1.31 bits per heavy atom. The van der Waals surface area contributed by atoms with Crippen molar-refractivity contribution in [1.29, 1.82) is 0 Å². The van der Waals surface area contributed by atoms with Crippen molar-refractivity contribution in [2.45, 2.75) is 45.1 Å². The number of carbonyl (C=O) groups is 3. The molecule has 29 heavy (non-hydrogen) atoms. The highest BCUT2D eigenvalue weighted by molar-refractivity contribution is 7.20. The molecule has 2 aromatic rings. The van der Waals surface area contributed by atoms with Crippen LogP contribution in [0.25, 0.3) is 10.2 Å². The molecular formula is C21H28N4O3S. The zero-order chi connectivity index (χ0) is 20.8. The van der Waals surface area contributed by atoms with E-state index < -0.39 is 11.9 Å². The van der Waals surface area contributed by atoms with Gasteiger partial charge in [0, 0.05) is 13.5 Å². The Morgan fingerprint density at radius 2 is 2.10 bits per heavy atom. The van der Waals surface area contributed by atoms with Crippen LogP contribution in [0.1, 0.15) is 48.8 Å². The fraction of sp³-hybridized carbons (Fsp3) is 0.524. The van der Waals surface area contributed by atoms with Gasteiger partial charge in [0.1, 0.15) is 6.04 Å². The van der Waals surface area contributed by atoms with E-state index in [1.807, 2.05) is 24.3 Å². The number of nitrogens with zero attached hydrogens (tertiary/aromatic N) is 2. The van der Waals surface area contributed by atoms with Crippen LogP contribution in [0.3, 0.4) is 0 Å². The SMILES string of the molecule is CC(=O)N(C(=O)C1CCCNC1)C(CCCCN)C(=O)c1nc2ccccc2s1. The third-order valence-electron chi connectivity index (χ3n) is 5.27. The minimum Gasteiger partial charge on any atom is -0.330 e. The number of piperidine rings is 1. The molecule has 0 aliphatic carbocycles. The summed E-state index contributed by atoms with van der Waals surface area (Å²) in [5.74, 6) is -1.21. The van der Waals surface area contributed by atoms with Gasteiger partial charge in [-0.2, -0.15) is 0 Å². The van der Waals surface area contributed by atoms with Crippen LogP contribution in [0.15, 0.2) is 24.3 Å². The lowest BCUT2D eigenvalue weighted by Gasteiger charge is -2.32. The second-order valence-corrected chi connectivity index (χ2v) is 8.45. The van der Waals surface area contributed by atoms with Crippen molar-refractivity contribution in [3.05, 3.63) is 29.3 Å². The number of amides is 2. The molecule has 1 fully saturated rings.